The number of nitrogens with two attached hydrogens (primary N) is 1. The van der Waals surface area contributed by atoms with Crippen molar-refractivity contribution in [1.29, 1.82) is 0 Å². The first kappa shape index (κ1) is 29.1. The van der Waals surface area contributed by atoms with Gasteiger partial charge in [0.25, 0.3) is 0 Å². The van der Waals surface area contributed by atoms with E-state index in [4.69, 9.17) is 26.8 Å². The Kier molecular flexibility index (Phi) is 7.55. The zero-order valence-corrected chi connectivity index (χ0v) is 23.6. The molecule has 0 spiro atoms. The maximum absolute atomic E-state index is 16.3. The van der Waals surface area contributed by atoms with Crippen LogP contribution in [-0.4, -0.2) is 77.1 Å². The van der Waals surface area contributed by atoms with E-state index in [2.05, 4.69) is 19.9 Å². The molecule has 8 nitrogen and oxygen atoms in total. The summed E-state index contributed by atoms with van der Waals surface area (Å²) >= 11 is 5.94. The van der Waals surface area contributed by atoms with Gasteiger partial charge in [0.15, 0.2) is 5.82 Å². The minimum absolute atomic E-state index is 0.0843. The molecule has 1 aromatic carbocycles. The molecule has 226 valence electrons. The van der Waals surface area contributed by atoms with Crippen LogP contribution in [0.5, 0.6) is 6.01 Å². The number of anilines is 2. The number of hydrogen-bond acceptors (Lipinski definition) is 8. The van der Waals surface area contributed by atoms with Crippen molar-refractivity contribution in [3.8, 4) is 17.3 Å². The van der Waals surface area contributed by atoms with E-state index in [0.717, 1.165) is 31.5 Å². The second kappa shape index (κ2) is 10.9. The number of alkyl halides is 4. The van der Waals surface area contributed by atoms with E-state index in [1.807, 2.05) is 11.8 Å². The molecule has 5 heterocycles. The molecular formula is C28H30ClF5N6O2. The van der Waals surface area contributed by atoms with Crippen molar-refractivity contribution in [2.24, 2.45) is 0 Å². The monoisotopic (exact) mass is 612 g/mol. The van der Waals surface area contributed by atoms with Gasteiger partial charge in [-0.05, 0) is 37.9 Å². The lowest BCUT2D eigenvalue weighted by atomic mass is 9.95. The van der Waals surface area contributed by atoms with Gasteiger partial charge >= 0.3 is 12.2 Å². The fraction of sp³-hybridized carbons (Fsp3) is 0.536. The molecule has 6 rings (SSSR count). The topological polar surface area (TPSA) is 89.6 Å². The lowest BCUT2D eigenvalue weighted by Crippen LogP contribution is -2.46. The first-order valence-electron chi connectivity index (χ1n) is 13.9. The number of morpholine rings is 1. The molecule has 14 heteroatoms. The highest BCUT2D eigenvalue weighted by atomic mass is 35.5. The van der Waals surface area contributed by atoms with Crippen LogP contribution in [0.2, 0.25) is 5.02 Å². The molecule has 0 amide bonds. The van der Waals surface area contributed by atoms with Gasteiger partial charge in [0.1, 0.15) is 29.8 Å². The quantitative estimate of drug-likeness (QED) is 0.282. The Morgan fingerprint density at radius 3 is 2.81 bits per heavy atom. The predicted molar refractivity (Wildman–Crippen MR) is 148 cm³/mol. The molecule has 2 N–H and O–H groups in total. The molecule has 0 aliphatic carbocycles. The highest BCUT2D eigenvalue weighted by Gasteiger charge is 2.49. The Balaban J connectivity index is 1.49. The molecule has 0 bridgehead atoms. The third kappa shape index (κ3) is 5.09. The zero-order chi connectivity index (χ0) is 29.8. The largest absolute Gasteiger partial charge is 0.461 e. The molecule has 3 aliphatic rings. The van der Waals surface area contributed by atoms with E-state index < -0.39 is 45.5 Å². The molecule has 42 heavy (non-hydrogen) atoms. The van der Waals surface area contributed by atoms with Crippen LogP contribution < -0.4 is 15.4 Å². The summed E-state index contributed by atoms with van der Waals surface area (Å²) in [4.78, 5) is 17.1. The lowest BCUT2D eigenvalue weighted by molar-refractivity contribution is -0.137. The highest BCUT2D eigenvalue weighted by Crippen LogP contribution is 2.44. The van der Waals surface area contributed by atoms with Gasteiger partial charge in [-0.15, -0.1) is 0 Å². The summed E-state index contributed by atoms with van der Waals surface area (Å²) in [5.41, 5.74) is 2.48. The lowest BCUT2D eigenvalue weighted by Gasteiger charge is -2.36. The molecular weight excluding hydrogens is 583 g/mol. The molecule has 3 aromatic rings. The molecule has 3 saturated heterocycles. The number of nitrogens with zero attached hydrogens (tertiary/aromatic N) is 5. The van der Waals surface area contributed by atoms with Gasteiger partial charge in [-0.3, -0.25) is 9.88 Å². The van der Waals surface area contributed by atoms with E-state index in [1.165, 1.54) is 6.20 Å². The summed E-state index contributed by atoms with van der Waals surface area (Å²) in [6.45, 7) is 4.42. The van der Waals surface area contributed by atoms with Crippen molar-refractivity contribution >= 4 is 34.0 Å². The third-order valence-corrected chi connectivity index (χ3v) is 8.79. The van der Waals surface area contributed by atoms with Gasteiger partial charge in [0.2, 0.25) is 0 Å². The zero-order valence-electron chi connectivity index (χ0n) is 22.9. The summed E-state index contributed by atoms with van der Waals surface area (Å²) < 4.78 is 84.5. The van der Waals surface area contributed by atoms with Crippen LogP contribution in [0.4, 0.5) is 33.5 Å². The highest BCUT2D eigenvalue weighted by molar-refractivity contribution is 6.32. The van der Waals surface area contributed by atoms with Gasteiger partial charge < -0.3 is 20.1 Å². The minimum Gasteiger partial charge on any atom is -0.461 e. The summed E-state index contributed by atoms with van der Waals surface area (Å²) in [5.74, 6) is -0.764. The standard InChI is InChI=1S/C28H30ClF5N6O2/c1-2-17-13-41-7-6-40(17)25-19-11-36-23(18-8-16(35)9-20(29)21(18)28(32,33)34)22(31)24(19)37-26(38-25)42-14-27-4-3-5-39(27)12-15(30)10-27/h8-9,11,15,17H,2-7,10,12-14,35H2,1H3/t15-,17+,27+/m1/s1. The van der Waals surface area contributed by atoms with Gasteiger partial charge in [-0.2, -0.15) is 23.1 Å². The number of rotatable bonds is 6. The van der Waals surface area contributed by atoms with Crippen molar-refractivity contribution in [3.63, 3.8) is 0 Å². The van der Waals surface area contributed by atoms with Crippen LogP contribution in [0, 0.1) is 5.82 Å². The third-order valence-electron chi connectivity index (χ3n) is 8.50. The Labute approximate surface area is 244 Å². The average molecular weight is 613 g/mol. The number of pyridine rings is 1. The van der Waals surface area contributed by atoms with Crippen LogP contribution in [0.1, 0.15) is 38.2 Å². The van der Waals surface area contributed by atoms with E-state index in [0.29, 0.717) is 45.0 Å². The molecule has 2 aromatic heterocycles. The predicted octanol–water partition coefficient (Wildman–Crippen LogP) is 5.66. The van der Waals surface area contributed by atoms with Crippen LogP contribution >= 0.6 is 11.6 Å². The Hall–Kier alpha value is -3.03. The fourth-order valence-electron chi connectivity index (χ4n) is 6.51. The number of ether oxygens (including phenoxy) is 2. The van der Waals surface area contributed by atoms with Crippen molar-refractivity contribution in [2.75, 3.05) is 50.1 Å². The van der Waals surface area contributed by atoms with Crippen molar-refractivity contribution < 1.29 is 31.4 Å². The Morgan fingerprint density at radius 1 is 1.24 bits per heavy atom. The van der Waals surface area contributed by atoms with Crippen LogP contribution in [0.15, 0.2) is 18.3 Å². The summed E-state index contributed by atoms with van der Waals surface area (Å²) in [5, 5.41) is -0.466. The summed E-state index contributed by atoms with van der Waals surface area (Å²) in [6, 6.07) is 1.70. The van der Waals surface area contributed by atoms with E-state index in [-0.39, 0.29) is 35.2 Å². The second-order valence-electron chi connectivity index (χ2n) is 11.1. The van der Waals surface area contributed by atoms with Crippen molar-refractivity contribution in [1.82, 2.24) is 19.9 Å². The number of fused-ring (bicyclic) bond motifs is 2. The molecule has 3 aliphatic heterocycles. The number of nitrogen functional groups attached to an aromatic ring is 1. The first-order valence-corrected chi connectivity index (χ1v) is 14.3. The number of halogens is 6. The maximum Gasteiger partial charge on any atom is 0.418 e. The Morgan fingerprint density at radius 2 is 2.05 bits per heavy atom. The second-order valence-corrected chi connectivity index (χ2v) is 11.5. The number of benzene rings is 1. The van der Waals surface area contributed by atoms with E-state index in [1.54, 1.807) is 0 Å². The average Bonchev–Trinajstić information content (AvgIpc) is 3.46. The minimum atomic E-state index is -4.90. The summed E-state index contributed by atoms with van der Waals surface area (Å²) in [7, 11) is 0. The molecule has 3 fully saturated rings. The summed E-state index contributed by atoms with van der Waals surface area (Å²) in [6.07, 6.45) is -1.96. The SMILES string of the molecule is CC[C@H]1COCCN1c1nc(OC[C@@]23CCCN2C[C@H](F)C3)nc2c(F)c(-c3cc(N)cc(Cl)c3C(F)(F)F)ncc12. The molecule has 0 radical (unpaired) electrons. The smallest absolute Gasteiger partial charge is 0.418 e. The van der Waals surface area contributed by atoms with Crippen molar-refractivity contribution in [2.45, 2.75) is 56.5 Å². The van der Waals surface area contributed by atoms with Crippen LogP contribution in [0.25, 0.3) is 22.2 Å². The number of hydrogen-bond donors (Lipinski definition) is 1. The van der Waals surface area contributed by atoms with Crippen LogP contribution in [0.3, 0.4) is 0 Å². The first-order chi connectivity index (χ1) is 20.0. The van der Waals surface area contributed by atoms with Crippen LogP contribution in [-0.2, 0) is 10.9 Å². The van der Waals surface area contributed by atoms with Gasteiger partial charge in [0.05, 0.1) is 40.8 Å². The van der Waals surface area contributed by atoms with Gasteiger partial charge in [-0.1, -0.05) is 18.5 Å². The Bertz CT molecular complexity index is 1510. The molecule has 0 unspecified atom stereocenters. The fourth-order valence-corrected chi connectivity index (χ4v) is 6.85. The molecule has 3 atom stereocenters. The van der Waals surface area contributed by atoms with Gasteiger partial charge in [0, 0.05) is 37.0 Å². The maximum atomic E-state index is 16.3. The molecule has 0 saturated carbocycles. The van der Waals surface area contributed by atoms with E-state index in [9.17, 15) is 17.6 Å². The van der Waals surface area contributed by atoms with Crippen molar-refractivity contribution in [3.05, 3.63) is 34.7 Å². The van der Waals surface area contributed by atoms with Gasteiger partial charge in [-0.25, -0.2) is 8.78 Å². The normalized spacial score (nSPS) is 24.9. The number of aromatic nitrogens is 3. The van der Waals surface area contributed by atoms with E-state index >= 15 is 4.39 Å².